The van der Waals surface area contributed by atoms with Crippen LogP contribution in [0.3, 0.4) is 0 Å². The Labute approximate surface area is 167 Å². The van der Waals surface area contributed by atoms with Crippen molar-refractivity contribution in [2.45, 2.75) is 25.9 Å². The zero-order valence-corrected chi connectivity index (χ0v) is 16.9. The van der Waals surface area contributed by atoms with Crippen LogP contribution < -0.4 is 25.0 Å². The van der Waals surface area contributed by atoms with Crippen LogP contribution in [-0.4, -0.2) is 45.9 Å². The van der Waals surface area contributed by atoms with E-state index in [-0.39, 0.29) is 0 Å². The Hall–Kier alpha value is -2.89. The van der Waals surface area contributed by atoms with Gasteiger partial charge in [0.15, 0.2) is 17.5 Å². The zero-order chi connectivity index (χ0) is 19.8. The molecule has 3 rings (SSSR count). The molecular weight excluding hydrogens is 352 g/mol. The Bertz CT molecular complexity index is 779. The highest BCUT2D eigenvalue weighted by atomic mass is 16.5. The summed E-state index contributed by atoms with van der Waals surface area (Å²) < 4.78 is 10.9. The van der Waals surface area contributed by atoms with Crippen LogP contribution >= 0.6 is 0 Å². The fourth-order valence-electron chi connectivity index (χ4n) is 3.51. The van der Waals surface area contributed by atoms with Gasteiger partial charge in [-0.1, -0.05) is 30.3 Å². The second-order valence-electron chi connectivity index (χ2n) is 6.76. The zero-order valence-electron chi connectivity index (χ0n) is 16.9. The van der Waals surface area contributed by atoms with Crippen molar-refractivity contribution < 1.29 is 9.47 Å². The molecule has 1 fully saturated rings. The average molecular weight is 383 g/mol. The SMILES string of the molecule is CCNC(=NCc1cccc(OC)c1OC)NC1CCN(c2ccccc2)C1. The maximum absolute atomic E-state index is 5.51. The smallest absolute Gasteiger partial charge is 0.191 e. The van der Waals surface area contributed by atoms with E-state index in [1.165, 1.54) is 5.69 Å². The minimum absolute atomic E-state index is 0.366. The second-order valence-corrected chi connectivity index (χ2v) is 6.76. The molecule has 2 aromatic rings. The number of ether oxygens (including phenoxy) is 2. The topological polar surface area (TPSA) is 58.1 Å². The number of nitrogens with zero attached hydrogens (tertiary/aromatic N) is 2. The second kappa shape index (κ2) is 9.88. The molecule has 1 unspecified atom stereocenters. The number of hydrogen-bond donors (Lipinski definition) is 2. The third-order valence-corrected chi connectivity index (χ3v) is 4.89. The number of benzene rings is 2. The van der Waals surface area contributed by atoms with E-state index in [0.29, 0.717) is 12.6 Å². The van der Waals surface area contributed by atoms with Crippen molar-refractivity contribution >= 4 is 11.6 Å². The first-order valence-corrected chi connectivity index (χ1v) is 9.79. The summed E-state index contributed by atoms with van der Waals surface area (Å²) >= 11 is 0. The standard InChI is InChI=1S/C22H30N4O2/c1-4-23-22(24-15-17-9-8-12-20(27-2)21(17)28-3)25-18-13-14-26(16-18)19-10-6-5-7-11-19/h5-12,18H,4,13-16H2,1-3H3,(H2,23,24,25). The van der Waals surface area contributed by atoms with Gasteiger partial charge in [0.25, 0.3) is 0 Å². The monoisotopic (exact) mass is 382 g/mol. The van der Waals surface area contributed by atoms with Gasteiger partial charge in [0.1, 0.15) is 0 Å². The molecule has 0 saturated carbocycles. The van der Waals surface area contributed by atoms with Gasteiger partial charge in [-0.2, -0.15) is 0 Å². The van der Waals surface area contributed by atoms with E-state index in [1.807, 2.05) is 18.2 Å². The van der Waals surface area contributed by atoms with E-state index < -0.39 is 0 Å². The molecule has 1 aliphatic heterocycles. The average Bonchev–Trinajstić information content (AvgIpc) is 3.21. The maximum atomic E-state index is 5.51. The van der Waals surface area contributed by atoms with Crippen LogP contribution in [0.2, 0.25) is 0 Å². The lowest BCUT2D eigenvalue weighted by atomic mass is 10.2. The van der Waals surface area contributed by atoms with Crippen LogP contribution in [0, 0.1) is 0 Å². The quantitative estimate of drug-likeness (QED) is 0.569. The summed E-state index contributed by atoms with van der Waals surface area (Å²) in [5.41, 5.74) is 2.27. The molecule has 2 aromatic carbocycles. The maximum Gasteiger partial charge on any atom is 0.191 e. The van der Waals surface area contributed by atoms with Crippen LogP contribution in [0.15, 0.2) is 53.5 Å². The van der Waals surface area contributed by atoms with E-state index >= 15 is 0 Å². The molecule has 0 aliphatic carbocycles. The van der Waals surface area contributed by atoms with Crippen molar-refractivity contribution in [1.82, 2.24) is 10.6 Å². The molecular formula is C22H30N4O2. The molecule has 0 amide bonds. The lowest BCUT2D eigenvalue weighted by Crippen LogP contribution is -2.44. The van der Waals surface area contributed by atoms with Gasteiger partial charge < -0.3 is 25.0 Å². The minimum Gasteiger partial charge on any atom is -0.493 e. The highest BCUT2D eigenvalue weighted by molar-refractivity contribution is 5.80. The lowest BCUT2D eigenvalue weighted by molar-refractivity contribution is 0.352. The number of nitrogens with one attached hydrogen (secondary N) is 2. The first-order chi connectivity index (χ1) is 13.7. The first kappa shape index (κ1) is 19.9. The van der Waals surface area contributed by atoms with Crippen molar-refractivity contribution in [1.29, 1.82) is 0 Å². The van der Waals surface area contributed by atoms with Crippen molar-refractivity contribution in [3.05, 3.63) is 54.1 Å². The van der Waals surface area contributed by atoms with E-state index in [1.54, 1.807) is 14.2 Å². The lowest BCUT2D eigenvalue weighted by Gasteiger charge is -2.20. The molecule has 0 aromatic heterocycles. The fourth-order valence-corrected chi connectivity index (χ4v) is 3.51. The van der Waals surface area contributed by atoms with Gasteiger partial charge in [-0.05, 0) is 31.5 Å². The summed E-state index contributed by atoms with van der Waals surface area (Å²) in [4.78, 5) is 7.18. The largest absolute Gasteiger partial charge is 0.493 e. The number of aliphatic imine (C=N–C) groups is 1. The van der Waals surface area contributed by atoms with Crippen LogP contribution in [0.4, 0.5) is 5.69 Å². The fraction of sp³-hybridized carbons (Fsp3) is 0.409. The molecule has 1 saturated heterocycles. The molecule has 28 heavy (non-hydrogen) atoms. The number of anilines is 1. The molecule has 6 nitrogen and oxygen atoms in total. The summed E-state index contributed by atoms with van der Waals surface area (Å²) in [6.45, 7) is 5.43. The Morgan fingerprint density at radius 3 is 2.64 bits per heavy atom. The third kappa shape index (κ3) is 4.88. The van der Waals surface area contributed by atoms with Gasteiger partial charge in [0.2, 0.25) is 0 Å². The minimum atomic E-state index is 0.366. The summed E-state index contributed by atoms with van der Waals surface area (Å²) in [5, 5.41) is 6.93. The van der Waals surface area contributed by atoms with E-state index in [4.69, 9.17) is 14.5 Å². The van der Waals surface area contributed by atoms with Crippen LogP contribution in [-0.2, 0) is 6.54 Å². The molecule has 150 valence electrons. The first-order valence-electron chi connectivity index (χ1n) is 9.79. The van der Waals surface area contributed by atoms with Crippen molar-refractivity contribution in [2.24, 2.45) is 4.99 Å². The van der Waals surface area contributed by atoms with Gasteiger partial charge in [-0.3, -0.25) is 0 Å². The van der Waals surface area contributed by atoms with E-state index in [0.717, 1.165) is 49.1 Å². The summed E-state index contributed by atoms with van der Waals surface area (Å²) in [5.74, 6) is 2.29. The molecule has 1 atom stereocenters. The number of hydrogen-bond acceptors (Lipinski definition) is 4. The number of methoxy groups -OCH3 is 2. The predicted molar refractivity (Wildman–Crippen MR) is 115 cm³/mol. The van der Waals surface area contributed by atoms with E-state index in [2.05, 4.69) is 52.8 Å². The van der Waals surface area contributed by atoms with Crippen molar-refractivity contribution in [2.75, 3.05) is 38.8 Å². The predicted octanol–water partition coefficient (Wildman–Crippen LogP) is 3.04. The van der Waals surface area contributed by atoms with Gasteiger partial charge in [-0.15, -0.1) is 0 Å². The third-order valence-electron chi connectivity index (χ3n) is 4.89. The highest BCUT2D eigenvalue weighted by Crippen LogP contribution is 2.31. The van der Waals surface area contributed by atoms with Crippen LogP contribution in [0.1, 0.15) is 18.9 Å². The summed E-state index contributed by atoms with van der Waals surface area (Å²) in [7, 11) is 3.31. The van der Waals surface area contributed by atoms with E-state index in [9.17, 15) is 0 Å². The van der Waals surface area contributed by atoms with Crippen molar-refractivity contribution in [3.63, 3.8) is 0 Å². The highest BCUT2D eigenvalue weighted by Gasteiger charge is 2.23. The molecule has 0 spiro atoms. The molecule has 6 heteroatoms. The number of para-hydroxylation sites is 2. The Morgan fingerprint density at radius 2 is 1.93 bits per heavy atom. The van der Waals surface area contributed by atoms with Gasteiger partial charge >= 0.3 is 0 Å². The molecule has 0 radical (unpaired) electrons. The van der Waals surface area contributed by atoms with Crippen LogP contribution in [0.25, 0.3) is 0 Å². The Morgan fingerprint density at radius 1 is 1.11 bits per heavy atom. The number of guanidine groups is 1. The molecule has 0 bridgehead atoms. The summed E-state index contributed by atoms with van der Waals surface area (Å²) in [6.07, 6.45) is 1.09. The Balaban J connectivity index is 1.66. The van der Waals surface area contributed by atoms with Crippen molar-refractivity contribution in [3.8, 4) is 11.5 Å². The van der Waals surface area contributed by atoms with Gasteiger partial charge in [0, 0.05) is 36.9 Å². The summed E-state index contributed by atoms with van der Waals surface area (Å²) in [6, 6.07) is 16.8. The van der Waals surface area contributed by atoms with Crippen LogP contribution in [0.5, 0.6) is 11.5 Å². The van der Waals surface area contributed by atoms with Gasteiger partial charge in [0.05, 0.1) is 20.8 Å². The molecule has 1 heterocycles. The normalized spacial score (nSPS) is 16.8. The molecule has 1 aliphatic rings. The number of rotatable bonds is 7. The van der Waals surface area contributed by atoms with Gasteiger partial charge in [-0.25, -0.2) is 4.99 Å². The molecule has 2 N–H and O–H groups in total. The Kier molecular flexibility index (Phi) is 7.00.